The molecule has 21 heavy (non-hydrogen) atoms. The average molecular weight is 291 g/mol. The van der Waals surface area contributed by atoms with Gasteiger partial charge in [-0.3, -0.25) is 9.59 Å². The number of amides is 1. The number of rotatable bonds is 2. The Morgan fingerprint density at radius 1 is 1.00 bits per heavy atom. The molecule has 1 aliphatic rings. The number of fused-ring (bicyclic) bond motifs is 1. The number of nitrogens with zero attached hydrogens (tertiary/aromatic N) is 1. The predicted molar refractivity (Wildman–Crippen MR) is 68.3 cm³/mol. The fourth-order valence-electron chi connectivity index (χ4n) is 2.27. The van der Waals surface area contributed by atoms with E-state index < -0.39 is 29.1 Å². The van der Waals surface area contributed by atoms with E-state index in [9.17, 15) is 22.8 Å². The number of carbonyl (C=O) groups is 2. The molecule has 0 saturated heterocycles. The molecule has 0 unspecified atom stereocenters. The molecule has 3 nitrogen and oxygen atoms in total. The van der Waals surface area contributed by atoms with Crippen LogP contribution in [0.5, 0.6) is 0 Å². The van der Waals surface area contributed by atoms with Crippen molar-refractivity contribution in [3.8, 4) is 0 Å². The Bertz CT molecular complexity index is 774. The third kappa shape index (κ3) is 2.08. The number of hydrogen-bond acceptors (Lipinski definition) is 2. The van der Waals surface area contributed by atoms with Gasteiger partial charge in [-0.05, 0) is 24.3 Å². The fourth-order valence-corrected chi connectivity index (χ4v) is 2.27. The van der Waals surface area contributed by atoms with Crippen molar-refractivity contribution in [1.82, 2.24) is 0 Å². The molecule has 0 fully saturated rings. The molecule has 106 valence electrons. The fraction of sp³-hybridized carbons (Fsp3) is 0.0667. The molecule has 6 heteroatoms. The average Bonchev–Trinajstić information content (AvgIpc) is 2.69. The Labute approximate surface area is 117 Å². The topological polar surface area (TPSA) is 37.4 Å². The minimum Gasteiger partial charge on any atom is -0.300 e. The van der Waals surface area contributed by atoms with Crippen molar-refractivity contribution < 1.29 is 22.8 Å². The predicted octanol–water partition coefficient (Wildman–Crippen LogP) is 2.83. The highest BCUT2D eigenvalue weighted by Gasteiger charge is 2.36. The smallest absolute Gasteiger partial charge is 0.299 e. The van der Waals surface area contributed by atoms with E-state index in [1.54, 1.807) is 0 Å². The van der Waals surface area contributed by atoms with Gasteiger partial charge in [0, 0.05) is 5.56 Å². The third-order valence-electron chi connectivity index (χ3n) is 3.29. The molecule has 0 bridgehead atoms. The summed E-state index contributed by atoms with van der Waals surface area (Å²) >= 11 is 0. The van der Waals surface area contributed by atoms with Crippen LogP contribution in [0.4, 0.5) is 18.9 Å². The summed E-state index contributed by atoms with van der Waals surface area (Å²) in [6, 6.07) is 6.90. The summed E-state index contributed by atoms with van der Waals surface area (Å²) in [5, 5.41) is 0. The van der Waals surface area contributed by atoms with Gasteiger partial charge in [0.2, 0.25) is 0 Å². The molecule has 1 heterocycles. The van der Waals surface area contributed by atoms with Crippen LogP contribution in [0.15, 0.2) is 36.4 Å². The highest BCUT2D eigenvalue weighted by molar-refractivity contribution is 6.52. The van der Waals surface area contributed by atoms with Crippen LogP contribution >= 0.6 is 0 Å². The number of hydrogen-bond donors (Lipinski definition) is 0. The monoisotopic (exact) mass is 291 g/mol. The second-order valence-electron chi connectivity index (χ2n) is 4.59. The molecule has 0 spiro atoms. The third-order valence-corrected chi connectivity index (χ3v) is 3.29. The molecule has 0 aliphatic carbocycles. The van der Waals surface area contributed by atoms with Gasteiger partial charge in [-0.1, -0.05) is 12.1 Å². The Morgan fingerprint density at radius 3 is 2.52 bits per heavy atom. The van der Waals surface area contributed by atoms with Crippen molar-refractivity contribution in [2.24, 2.45) is 0 Å². The first kappa shape index (κ1) is 13.4. The molecule has 0 saturated carbocycles. The molecule has 1 aliphatic heterocycles. The second-order valence-corrected chi connectivity index (χ2v) is 4.59. The summed E-state index contributed by atoms with van der Waals surface area (Å²) in [5.74, 6) is -4.51. The van der Waals surface area contributed by atoms with Crippen molar-refractivity contribution in [3.63, 3.8) is 0 Å². The molecule has 0 aromatic heterocycles. The maximum atomic E-state index is 13.7. The summed E-state index contributed by atoms with van der Waals surface area (Å²) in [5.41, 5.74) is 0.0557. The van der Waals surface area contributed by atoms with Gasteiger partial charge in [-0.2, -0.15) is 0 Å². The van der Waals surface area contributed by atoms with Crippen LogP contribution in [0.2, 0.25) is 0 Å². The number of anilines is 1. The number of carbonyl (C=O) groups excluding carboxylic acids is 2. The summed E-state index contributed by atoms with van der Waals surface area (Å²) in [7, 11) is 0. The van der Waals surface area contributed by atoms with Crippen LogP contribution < -0.4 is 4.90 Å². The van der Waals surface area contributed by atoms with Crippen LogP contribution in [0.1, 0.15) is 15.9 Å². The summed E-state index contributed by atoms with van der Waals surface area (Å²) in [4.78, 5) is 24.7. The zero-order valence-electron chi connectivity index (χ0n) is 10.6. The Hall–Kier alpha value is -2.63. The normalized spacial score (nSPS) is 13.8. The van der Waals surface area contributed by atoms with E-state index in [4.69, 9.17) is 0 Å². The molecule has 2 aromatic rings. The van der Waals surface area contributed by atoms with Crippen molar-refractivity contribution >= 4 is 17.4 Å². The minimum absolute atomic E-state index is 0.0617. The van der Waals surface area contributed by atoms with E-state index in [1.165, 1.54) is 18.2 Å². The van der Waals surface area contributed by atoms with Gasteiger partial charge >= 0.3 is 0 Å². The highest BCUT2D eigenvalue weighted by Crippen LogP contribution is 2.31. The summed E-state index contributed by atoms with van der Waals surface area (Å²) in [6.45, 7) is -0.299. The zero-order chi connectivity index (χ0) is 15.1. The van der Waals surface area contributed by atoms with E-state index >= 15 is 0 Å². The molecule has 0 radical (unpaired) electrons. The maximum absolute atomic E-state index is 13.7. The van der Waals surface area contributed by atoms with E-state index in [2.05, 4.69) is 0 Å². The largest absolute Gasteiger partial charge is 0.300 e. The lowest BCUT2D eigenvalue weighted by atomic mass is 10.1. The molecular weight excluding hydrogens is 283 g/mol. The van der Waals surface area contributed by atoms with Crippen molar-refractivity contribution in [2.75, 3.05) is 4.90 Å². The molecule has 0 atom stereocenters. The van der Waals surface area contributed by atoms with Crippen LogP contribution in [0.3, 0.4) is 0 Å². The zero-order valence-corrected chi connectivity index (χ0v) is 10.6. The number of Topliss-reactive ketones (excluding diaryl/α,β-unsaturated/α-hetero) is 1. The maximum Gasteiger partial charge on any atom is 0.299 e. The van der Waals surface area contributed by atoms with Crippen molar-refractivity contribution in [2.45, 2.75) is 6.54 Å². The van der Waals surface area contributed by atoms with Gasteiger partial charge in [0.25, 0.3) is 11.7 Å². The molecule has 1 amide bonds. The van der Waals surface area contributed by atoms with Crippen LogP contribution in [-0.4, -0.2) is 11.7 Å². The number of benzene rings is 2. The lowest BCUT2D eigenvalue weighted by molar-refractivity contribution is -0.114. The first-order valence-electron chi connectivity index (χ1n) is 6.07. The highest BCUT2D eigenvalue weighted by atomic mass is 19.2. The minimum atomic E-state index is -1.08. The van der Waals surface area contributed by atoms with Crippen LogP contribution in [0, 0.1) is 17.5 Å². The van der Waals surface area contributed by atoms with Gasteiger partial charge in [-0.15, -0.1) is 0 Å². The standard InChI is InChI=1S/C15H8F3NO2/c16-9-4-5-12-10(6-9)14(20)15(21)19(12)7-8-2-1-3-11(17)13(8)18/h1-6H,7H2. The molecule has 3 rings (SSSR count). The molecule has 0 N–H and O–H groups in total. The van der Waals surface area contributed by atoms with Gasteiger partial charge in [0.05, 0.1) is 17.8 Å². The second kappa shape index (κ2) is 4.73. The van der Waals surface area contributed by atoms with Gasteiger partial charge < -0.3 is 4.90 Å². The number of ketones is 1. The van der Waals surface area contributed by atoms with Crippen molar-refractivity contribution in [3.05, 3.63) is 65.0 Å². The quantitative estimate of drug-likeness (QED) is 0.798. The van der Waals surface area contributed by atoms with Gasteiger partial charge in [0.15, 0.2) is 11.6 Å². The van der Waals surface area contributed by atoms with Crippen LogP contribution in [0.25, 0.3) is 0 Å². The number of halogens is 3. The van der Waals surface area contributed by atoms with Crippen LogP contribution in [-0.2, 0) is 11.3 Å². The first-order chi connectivity index (χ1) is 9.99. The van der Waals surface area contributed by atoms with E-state index in [0.717, 1.165) is 23.1 Å². The van der Waals surface area contributed by atoms with Gasteiger partial charge in [-0.25, -0.2) is 13.2 Å². The van der Waals surface area contributed by atoms with E-state index in [1.807, 2.05) is 0 Å². The first-order valence-corrected chi connectivity index (χ1v) is 6.07. The molecule has 2 aromatic carbocycles. The summed E-state index contributed by atoms with van der Waals surface area (Å²) < 4.78 is 40.0. The molecular formula is C15H8F3NO2. The van der Waals surface area contributed by atoms with E-state index in [-0.39, 0.29) is 23.4 Å². The summed E-state index contributed by atoms with van der Waals surface area (Å²) in [6.07, 6.45) is 0. The van der Waals surface area contributed by atoms with Gasteiger partial charge in [0.1, 0.15) is 5.82 Å². The Morgan fingerprint density at radius 2 is 1.76 bits per heavy atom. The SMILES string of the molecule is O=C1C(=O)N(Cc2cccc(F)c2F)c2ccc(F)cc21. The Balaban J connectivity index is 2.03. The Kier molecular flexibility index (Phi) is 3.01. The van der Waals surface area contributed by atoms with Crippen molar-refractivity contribution in [1.29, 1.82) is 0 Å². The lowest BCUT2D eigenvalue weighted by Gasteiger charge is -2.17. The lowest BCUT2D eigenvalue weighted by Crippen LogP contribution is -2.29. The van der Waals surface area contributed by atoms with E-state index in [0.29, 0.717) is 0 Å².